The third-order valence-electron chi connectivity index (χ3n) is 1.66. The van der Waals surface area contributed by atoms with E-state index in [4.69, 9.17) is 0 Å². The van der Waals surface area contributed by atoms with Crippen LogP contribution in [0.4, 0.5) is 0 Å². The van der Waals surface area contributed by atoms with Crippen LogP contribution in [0.1, 0.15) is 11.4 Å². The molecule has 1 aromatic rings. The van der Waals surface area contributed by atoms with Gasteiger partial charge in [0.2, 0.25) is 0 Å². The first kappa shape index (κ1) is 7.92. The second-order valence-electron chi connectivity index (χ2n) is 2.60. The van der Waals surface area contributed by atoms with Crippen molar-refractivity contribution < 1.29 is 0 Å². The maximum atomic E-state index is 3.64. The van der Waals surface area contributed by atoms with Crippen LogP contribution in [0.15, 0.2) is 24.8 Å². The van der Waals surface area contributed by atoms with Crippen LogP contribution in [0.5, 0.6) is 0 Å². The molecule has 0 aliphatic carbocycles. The van der Waals surface area contributed by atoms with E-state index >= 15 is 0 Å². The molecule has 1 N–H and O–H groups in total. The Morgan fingerprint density at radius 2 is 2.00 bits per heavy atom. The van der Waals surface area contributed by atoms with Crippen LogP contribution in [-0.4, -0.2) is 11.2 Å². The summed E-state index contributed by atoms with van der Waals surface area (Å²) in [6, 6.07) is 4.18. The predicted molar refractivity (Wildman–Crippen MR) is 48.3 cm³/mol. The molecule has 0 saturated heterocycles. The van der Waals surface area contributed by atoms with E-state index in [1.165, 1.54) is 11.4 Å². The van der Waals surface area contributed by atoms with Crippen molar-refractivity contribution in [1.29, 1.82) is 0 Å². The minimum absolute atomic E-state index is 0.802. The number of aryl methyl sites for hydroxylation is 2. The zero-order valence-corrected chi connectivity index (χ0v) is 7.09. The lowest BCUT2D eigenvalue weighted by molar-refractivity contribution is 0.830. The SMILES string of the molecule is C=CCNn1c(C)ccc1C. The second kappa shape index (κ2) is 3.28. The van der Waals surface area contributed by atoms with E-state index in [1.807, 2.05) is 6.08 Å². The van der Waals surface area contributed by atoms with Gasteiger partial charge in [-0.3, -0.25) is 4.68 Å². The number of hydrogen-bond donors (Lipinski definition) is 1. The summed E-state index contributed by atoms with van der Waals surface area (Å²) in [4.78, 5) is 0. The number of hydrogen-bond acceptors (Lipinski definition) is 1. The smallest absolute Gasteiger partial charge is 0.0492 e. The van der Waals surface area contributed by atoms with Crippen molar-refractivity contribution >= 4 is 0 Å². The molecule has 0 atom stereocenters. The average molecular weight is 150 g/mol. The van der Waals surface area contributed by atoms with E-state index in [0.717, 1.165) is 6.54 Å². The molecular weight excluding hydrogens is 136 g/mol. The molecule has 0 unspecified atom stereocenters. The second-order valence-corrected chi connectivity index (χ2v) is 2.60. The molecule has 2 nitrogen and oxygen atoms in total. The van der Waals surface area contributed by atoms with Gasteiger partial charge in [0.15, 0.2) is 0 Å². The topological polar surface area (TPSA) is 17.0 Å². The third kappa shape index (κ3) is 1.64. The Hall–Kier alpha value is -1.18. The van der Waals surface area contributed by atoms with Crippen molar-refractivity contribution in [3.8, 4) is 0 Å². The van der Waals surface area contributed by atoms with Gasteiger partial charge in [0.05, 0.1) is 0 Å². The van der Waals surface area contributed by atoms with E-state index in [1.54, 1.807) is 0 Å². The van der Waals surface area contributed by atoms with Gasteiger partial charge in [-0.05, 0) is 26.0 Å². The Morgan fingerprint density at radius 1 is 1.45 bits per heavy atom. The first-order valence-electron chi connectivity index (χ1n) is 3.75. The molecule has 2 heteroatoms. The van der Waals surface area contributed by atoms with Crippen LogP contribution >= 0.6 is 0 Å². The molecule has 1 heterocycles. The van der Waals surface area contributed by atoms with Crippen molar-refractivity contribution in [3.05, 3.63) is 36.2 Å². The zero-order chi connectivity index (χ0) is 8.27. The Labute approximate surface area is 67.5 Å². The van der Waals surface area contributed by atoms with Crippen LogP contribution in [0.25, 0.3) is 0 Å². The van der Waals surface area contributed by atoms with Crippen molar-refractivity contribution in [2.75, 3.05) is 12.0 Å². The Bertz CT molecular complexity index is 229. The van der Waals surface area contributed by atoms with E-state index < -0.39 is 0 Å². The van der Waals surface area contributed by atoms with Gasteiger partial charge in [0.1, 0.15) is 0 Å². The van der Waals surface area contributed by atoms with Crippen molar-refractivity contribution in [3.63, 3.8) is 0 Å². The molecule has 1 aromatic heterocycles. The number of aromatic nitrogens is 1. The van der Waals surface area contributed by atoms with Gasteiger partial charge in [-0.1, -0.05) is 6.08 Å². The van der Waals surface area contributed by atoms with Crippen LogP contribution in [0, 0.1) is 13.8 Å². The van der Waals surface area contributed by atoms with Gasteiger partial charge in [0.25, 0.3) is 0 Å². The molecule has 0 fully saturated rings. The lowest BCUT2D eigenvalue weighted by Gasteiger charge is -2.09. The van der Waals surface area contributed by atoms with Crippen LogP contribution in [-0.2, 0) is 0 Å². The summed E-state index contributed by atoms with van der Waals surface area (Å²) in [7, 11) is 0. The van der Waals surface area contributed by atoms with Gasteiger partial charge >= 0.3 is 0 Å². The van der Waals surface area contributed by atoms with Crippen LogP contribution in [0.3, 0.4) is 0 Å². The van der Waals surface area contributed by atoms with Crippen LogP contribution < -0.4 is 5.43 Å². The minimum atomic E-state index is 0.802. The number of nitrogens with one attached hydrogen (secondary N) is 1. The quantitative estimate of drug-likeness (QED) is 0.650. The van der Waals surface area contributed by atoms with E-state index in [2.05, 4.69) is 42.7 Å². The minimum Gasteiger partial charge on any atom is -0.322 e. The molecule has 0 aliphatic heterocycles. The summed E-state index contributed by atoms with van der Waals surface area (Å²) < 4.78 is 2.06. The molecule has 0 aromatic carbocycles. The number of nitrogens with zero attached hydrogens (tertiary/aromatic N) is 1. The Morgan fingerprint density at radius 3 is 2.45 bits per heavy atom. The average Bonchev–Trinajstić information content (AvgIpc) is 2.29. The zero-order valence-electron chi connectivity index (χ0n) is 7.09. The van der Waals surface area contributed by atoms with Crippen molar-refractivity contribution in [2.45, 2.75) is 13.8 Å². The summed E-state index contributed by atoms with van der Waals surface area (Å²) in [6.07, 6.45) is 1.85. The standard InChI is InChI=1S/C9H14N2/c1-4-7-10-11-8(2)5-6-9(11)3/h4-6,10H,1,7H2,2-3H3. The molecular formula is C9H14N2. The highest BCUT2D eigenvalue weighted by molar-refractivity contribution is 5.15. The molecule has 0 spiro atoms. The monoisotopic (exact) mass is 150 g/mol. The van der Waals surface area contributed by atoms with E-state index in [0.29, 0.717) is 0 Å². The molecule has 0 radical (unpaired) electrons. The highest BCUT2D eigenvalue weighted by Gasteiger charge is 1.96. The lowest BCUT2D eigenvalue weighted by Crippen LogP contribution is -2.16. The first-order valence-corrected chi connectivity index (χ1v) is 3.75. The van der Waals surface area contributed by atoms with Crippen molar-refractivity contribution in [2.24, 2.45) is 0 Å². The normalized spacial score (nSPS) is 9.64. The highest BCUT2D eigenvalue weighted by Crippen LogP contribution is 2.03. The summed E-state index contributed by atoms with van der Waals surface area (Å²) in [5.41, 5.74) is 5.66. The van der Waals surface area contributed by atoms with E-state index in [9.17, 15) is 0 Å². The highest BCUT2D eigenvalue weighted by atomic mass is 15.4. The maximum absolute atomic E-state index is 3.64. The first-order chi connectivity index (χ1) is 5.25. The fraction of sp³-hybridized carbons (Fsp3) is 0.333. The maximum Gasteiger partial charge on any atom is 0.0492 e. The number of rotatable bonds is 3. The fourth-order valence-electron chi connectivity index (χ4n) is 1.07. The summed E-state index contributed by atoms with van der Waals surface area (Å²) in [5.74, 6) is 0. The van der Waals surface area contributed by atoms with Gasteiger partial charge in [-0.2, -0.15) is 0 Å². The van der Waals surface area contributed by atoms with Gasteiger partial charge in [0, 0.05) is 17.9 Å². The predicted octanol–water partition coefficient (Wildman–Crippen LogP) is 1.83. The van der Waals surface area contributed by atoms with E-state index in [-0.39, 0.29) is 0 Å². The largest absolute Gasteiger partial charge is 0.322 e. The van der Waals surface area contributed by atoms with Crippen LogP contribution in [0.2, 0.25) is 0 Å². The molecule has 1 rings (SSSR count). The third-order valence-corrected chi connectivity index (χ3v) is 1.66. The summed E-state index contributed by atoms with van der Waals surface area (Å²) in [5, 5.41) is 0. The Kier molecular flexibility index (Phi) is 2.36. The van der Waals surface area contributed by atoms with Gasteiger partial charge < -0.3 is 5.43 Å². The molecule has 0 bridgehead atoms. The Balaban J connectivity index is 2.74. The molecule has 0 aliphatic rings. The van der Waals surface area contributed by atoms with Gasteiger partial charge in [-0.15, -0.1) is 6.58 Å². The van der Waals surface area contributed by atoms with Crippen molar-refractivity contribution in [1.82, 2.24) is 4.68 Å². The fourth-order valence-corrected chi connectivity index (χ4v) is 1.07. The summed E-state index contributed by atoms with van der Waals surface area (Å²) >= 11 is 0. The molecule has 0 amide bonds. The lowest BCUT2D eigenvalue weighted by atomic mass is 10.5. The summed E-state index contributed by atoms with van der Waals surface area (Å²) in [6.45, 7) is 8.59. The molecule has 0 saturated carbocycles. The van der Waals surface area contributed by atoms with Gasteiger partial charge in [-0.25, -0.2) is 0 Å². The molecule has 11 heavy (non-hydrogen) atoms. The molecule has 60 valence electrons.